The molecule has 3 nitrogen and oxygen atoms in total. The van der Waals surface area contributed by atoms with Gasteiger partial charge in [0.1, 0.15) is 9.84 Å². The van der Waals surface area contributed by atoms with Gasteiger partial charge in [0, 0.05) is 12.0 Å². The van der Waals surface area contributed by atoms with E-state index in [4.69, 9.17) is 5.73 Å². The predicted octanol–water partition coefficient (Wildman–Crippen LogP) is 2.21. The first-order valence-electron chi connectivity index (χ1n) is 6.84. The molecule has 0 aliphatic heterocycles. The van der Waals surface area contributed by atoms with Crippen molar-refractivity contribution in [3.63, 3.8) is 0 Å². The maximum atomic E-state index is 11.1. The lowest BCUT2D eigenvalue weighted by Crippen LogP contribution is -2.30. The van der Waals surface area contributed by atoms with Crippen molar-refractivity contribution in [2.45, 2.75) is 45.4 Å². The summed E-state index contributed by atoms with van der Waals surface area (Å²) in [5.41, 5.74) is 5.82. The van der Waals surface area contributed by atoms with Crippen LogP contribution in [0, 0.1) is 17.8 Å². The van der Waals surface area contributed by atoms with Crippen LogP contribution in [0.25, 0.3) is 0 Å². The minimum atomic E-state index is -2.80. The van der Waals surface area contributed by atoms with Crippen molar-refractivity contribution >= 4 is 9.84 Å². The summed E-state index contributed by atoms with van der Waals surface area (Å²) in [6.07, 6.45) is 8.20. The lowest BCUT2D eigenvalue weighted by atomic mass is 9.71. The Hall–Kier alpha value is -0.0900. The van der Waals surface area contributed by atoms with Crippen molar-refractivity contribution in [3.05, 3.63) is 0 Å². The summed E-state index contributed by atoms with van der Waals surface area (Å²) in [6.45, 7) is 3.01. The van der Waals surface area contributed by atoms with Crippen LogP contribution in [0.15, 0.2) is 0 Å². The van der Waals surface area contributed by atoms with E-state index in [2.05, 4.69) is 6.92 Å². The van der Waals surface area contributed by atoms with Crippen LogP contribution in [0.4, 0.5) is 0 Å². The largest absolute Gasteiger partial charge is 0.330 e. The maximum Gasteiger partial charge on any atom is 0.147 e. The van der Waals surface area contributed by atoms with Crippen LogP contribution in [0.1, 0.15) is 45.4 Å². The Morgan fingerprint density at radius 1 is 1.24 bits per heavy atom. The Bertz CT molecular complexity index is 313. The van der Waals surface area contributed by atoms with Gasteiger partial charge in [0.05, 0.1) is 0 Å². The number of hydrogen-bond acceptors (Lipinski definition) is 3. The summed E-state index contributed by atoms with van der Waals surface area (Å²) < 4.78 is 22.2. The van der Waals surface area contributed by atoms with E-state index in [9.17, 15) is 8.42 Å². The van der Waals surface area contributed by atoms with Crippen molar-refractivity contribution in [3.8, 4) is 0 Å². The first-order chi connectivity index (χ1) is 7.96. The van der Waals surface area contributed by atoms with Crippen LogP contribution in [0.5, 0.6) is 0 Å². The second-order valence-electron chi connectivity index (χ2n) is 5.62. The smallest absolute Gasteiger partial charge is 0.147 e. The molecule has 0 radical (unpaired) electrons. The molecule has 0 amide bonds. The molecule has 4 heteroatoms. The van der Waals surface area contributed by atoms with Crippen LogP contribution >= 0.6 is 0 Å². The highest BCUT2D eigenvalue weighted by atomic mass is 32.2. The summed E-state index contributed by atoms with van der Waals surface area (Å²) >= 11 is 0. The Morgan fingerprint density at radius 3 is 2.47 bits per heavy atom. The first-order valence-corrected chi connectivity index (χ1v) is 8.90. The van der Waals surface area contributed by atoms with E-state index < -0.39 is 9.84 Å². The third-order valence-corrected chi connectivity index (χ3v) is 5.25. The zero-order chi connectivity index (χ0) is 12.9. The molecule has 1 aliphatic carbocycles. The second kappa shape index (κ2) is 6.74. The van der Waals surface area contributed by atoms with Gasteiger partial charge < -0.3 is 5.73 Å². The van der Waals surface area contributed by atoms with E-state index in [1.807, 2.05) is 0 Å². The van der Waals surface area contributed by atoms with Gasteiger partial charge in [-0.2, -0.15) is 0 Å². The Kier molecular flexibility index (Phi) is 5.93. The van der Waals surface area contributed by atoms with E-state index in [1.165, 1.54) is 31.9 Å². The number of nitrogens with two attached hydrogens (primary N) is 1. The van der Waals surface area contributed by atoms with E-state index >= 15 is 0 Å². The fourth-order valence-corrected chi connectivity index (χ4v) is 3.76. The fourth-order valence-electron chi connectivity index (χ4n) is 3.07. The molecule has 17 heavy (non-hydrogen) atoms. The van der Waals surface area contributed by atoms with E-state index in [0.717, 1.165) is 25.3 Å². The highest BCUT2D eigenvalue weighted by Crippen LogP contribution is 2.37. The Balaban J connectivity index is 2.41. The highest BCUT2D eigenvalue weighted by Gasteiger charge is 2.28. The quantitative estimate of drug-likeness (QED) is 0.797. The Labute approximate surface area is 106 Å². The molecule has 1 saturated carbocycles. The maximum absolute atomic E-state index is 11.1. The molecule has 0 heterocycles. The molecule has 2 N–H and O–H groups in total. The molecule has 1 fully saturated rings. The lowest BCUT2D eigenvalue weighted by Gasteiger charge is -2.35. The van der Waals surface area contributed by atoms with Crippen LogP contribution in [0.3, 0.4) is 0 Å². The van der Waals surface area contributed by atoms with Gasteiger partial charge in [0.15, 0.2) is 0 Å². The molecule has 0 aromatic heterocycles. The summed E-state index contributed by atoms with van der Waals surface area (Å²) in [7, 11) is -2.80. The molecule has 0 aromatic rings. The third kappa shape index (κ3) is 5.38. The van der Waals surface area contributed by atoms with Crippen LogP contribution < -0.4 is 5.73 Å². The zero-order valence-electron chi connectivity index (χ0n) is 11.2. The van der Waals surface area contributed by atoms with E-state index in [1.54, 1.807) is 0 Å². The average molecular weight is 261 g/mol. The monoisotopic (exact) mass is 261 g/mol. The molecule has 102 valence electrons. The van der Waals surface area contributed by atoms with Crippen LogP contribution in [0.2, 0.25) is 0 Å². The first kappa shape index (κ1) is 15.0. The molecular weight excluding hydrogens is 234 g/mol. The van der Waals surface area contributed by atoms with Crippen molar-refractivity contribution < 1.29 is 8.42 Å². The van der Waals surface area contributed by atoms with E-state index in [-0.39, 0.29) is 0 Å². The SMILES string of the molecule is CCC1CCC(CN)C(CCCS(C)(=O)=O)C1. The summed E-state index contributed by atoms with van der Waals surface area (Å²) in [6, 6.07) is 0. The molecule has 1 aliphatic rings. The minimum absolute atomic E-state index is 0.331. The Morgan fingerprint density at radius 2 is 1.94 bits per heavy atom. The molecule has 3 unspecified atom stereocenters. The molecule has 0 spiro atoms. The zero-order valence-corrected chi connectivity index (χ0v) is 12.0. The normalized spacial score (nSPS) is 30.4. The molecule has 3 atom stereocenters. The van der Waals surface area contributed by atoms with Gasteiger partial charge >= 0.3 is 0 Å². The summed E-state index contributed by atoms with van der Waals surface area (Å²) in [5, 5.41) is 0. The van der Waals surface area contributed by atoms with Crippen molar-refractivity contribution in [2.24, 2.45) is 23.5 Å². The molecular formula is C13H27NO2S. The number of sulfone groups is 1. The number of hydrogen-bond donors (Lipinski definition) is 1. The third-order valence-electron chi connectivity index (χ3n) is 4.22. The van der Waals surface area contributed by atoms with Gasteiger partial charge in [-0.3, -0.25) is 0 Å². The van der Waals surface area contributed by atoms with Gasteiger partial charge in [-0.15, -0.1) is 0 Å². The highest BCUT2D eigenvalue weighted by molar-refractivity contribution is 7.90. The summed E-state index contributed by atoms with van der Waals surface area (Å²) in [5.74, 6) is 2.44. The van der Waals surface area contributed by atoms with Crippen molar-refractivity contribution in [1.29, 1.82) is 0 Å². The van der Waals surface area contributed by atoms with Gasteiger partial charge in [-0.25, -0.2) is 8.42 Å². The topological polar surface area (TPSA) is 60.2 Å². The molecule has 0 aromatic carbocycles. The summed E-state index contributed by atoms with van der Waals surface area (Å²) in [4.78, 5) is 0. The standard InChI is InChI=1S/C13H27NO2S/c1-3-11-6-7-13(10-14)12(9-11)5-4-8-17(2,15)16/h11-13H,3-10,14H2,1-2H3. The van der Waals surface area contributed by atoms with Crippen LogP contribution in [-0.2, 0) is 9.84 Å². The minimum Gasteiger partial charge on any atom is -0.330 e. The predicted molar refractivity (Wildman–Crippen MR) is 72.6 cm³/mol. The van der Waals surface area contributed by atoms with Crippen molar-refractivity contribution in [1.82, 2.24) is 0 Å². The van der Waals surface area contributed by atoms with Crippen LogP contribution in [-0.4, -0.2) is 27.0 Å². The van der Waals surface area contributed by atoms with Gasteiger partial charge in [-0.05, 0) is 50.0 Å². The molecule has 0 saturated heterocycles. The average Bonchev–Trinajstić information content (AvgIpc) is 2.27. The number of rotatable bonds is 6. The van der Waals surface area contributed by atoms with Crippen molar-refractivity contribution in [2.75, 3.05) is 18.6 Å². The van der Waals surface area contributed by atoms with Gasteiger partial charge in [-0.1, -0.05) is 19.8 Å². The second-order valence-corrected chi connectivity index (χ2v) is 7.88. The fraction of sp³-hybridized carbons (Fsp3) is 1.00. The molecule has 1 rings (SSSR count). The van der Waals surface area contributed by atoms with Gasteiger partial charge in [0.25, 0.3) is 0 Å². The van der Waals surface area contributed by atoms with E-state index in [0.29, 0.717) is 17.6 Å². The van der Waals surface area contributed by atoms with Gasteiger partial charge in [0.2, 0.25) is 0 Å². The lowest BCUT2D eigenvalue weighted by molar-refractivity contribution is 0.170. The molecule has 0 bridgehead atoms.